The molecule has 0 aromatic heterocycles. The Morgan fingerprint density at radius 2 is 1.95 bits per heavy atom. The second kappa shape index (κ2) is 4.22. The van der Waals surface area contributed by atoms with Gasteiger partial charge in [0.2, 0.25) is 0 Å². The van der Waals surface area contributed by atoms with E-state index in [-0.39, 0.29) is 0 Å². The van der Waals surface area contributed by atoms with Crippen LogP contribution < -0.4 is 0 Å². The van der Waals surface area contributed by atoms with Crippen molar-refractivity contribution in [1.82, 2.24) is 0 Å². The van der Waals surface area contributed by atoms with Crippen LogP contribution in [0, 0.1) is 0 Å². The fourth-order valence-corrected chi connectivity index (χ4v) is 2.25. The lowest BCUT2D eigenvalue weighted by atomic mass is 10.1. The lowest BCUT2D eigenvalue weighted by Crippen LogP contribution is -2.32. The first-order chi connectivity index (χ1) is 8.52. The number of halogens is 3. The van der Waals surface area contributed by atoms with Gasteiger partial charge in [0.05, 0.1) is 0 Å². The Labute approximate surface area is 107 Å². The van der Waals surface area contributed by atoms with Crippen molar-refractivity contribution in [2.45, 2.75) is 37.4 Å². The van der Waals surface area contributed by atoms with Crippen LogP contribution >= 0.6 is 0 Å². The number of fused-ring (bicyclic) bond motifs is 1. The third-order valence-corrected chi connectivity index (χ3v) is 3.44. The number of hydrogen-bond donors (Lipinski definition) is 0. The molecular weight excluding hydrogens is 289 g/mol. The molecule has 2 rings (SSSR count). The highest BCUT2D eigenvalue weighted by atomic mass is 32.2. The molecule has 9 heteroatoms. The molecule has 19 heavy (non-hydrogen) atoms. The first kappa shape index (κ1) is 14.4. The largest absolute Gasteiger partial charge is 0.534 e. The van der Waals surface area contributed by atoms with E-state index >= 15 is 0 Å². The molecule has 1 aliphatic carbocycles. The normalized spacial score (nSPS) is 29.8. The van der Waals surface area contributed by atoms with E-state index in [4.69, 9.17) is 9.47 Å². The maximum absolute atomic E-state index is 12.3. The van der Waals surface area contributed by atoms with Crippen LogP contribution in [0.15, 0.2) is 24.0 Å². The summed E-state index contributed by atoms with van der Waals surface area (Å²) in [5.74, 6) is -1.48. The van der Waals surface area contributed by atoms with Crippen molar-refractivity contribution in [3.63, 3.8) is 0 Å². The van der Waals surface area contributed by atoms with Gasteiger partial charge in [-0.05, 0) is 19.9 Å². The van der Waals surface area contributed by atoms with Crippen molar-refractivity contribution >= 4 is 10.1 Å². The zero-order chi connectivity index (χ0) is 14.5. The van der Waals surface area contributed by atoms with Crippen LogP contribution in [-0.4, -0.2) is 31.9 Å². The van der Waals surface area contributed by atoms with Crippen molar-refractivity contribution < 1.29 is 35.2 Å². The van der Waals surface area contributed by atoms with Gasteiger partial charge in [0.25, 0.3) is 0 Å². The SMILES string of the molecule is CC1(C)O[C@H]2C=CC=C(OS(=O)(=O)C(F)(F)F)[C@H]2O1. The first-order valence-electron chi connectivity index (χ1n) is 5.27. The van der Waals surface area contributed by atoms with E-state index in [1.165, 1.54) is 6.08 Å². The van der Waals surface area contributed by atoms with Gasteiger partial charge in [-0.2, -0.15) is 21.6 Å². The topological polar surface area (TPSA) is 61.8 Å². The summed E-state index contributed by atoms with van der Waals surface area (Å²) < 4.78 is 73.5. The molecule has 5 nitrogen and oxygen atoms in total. The van der Waals surface area contributed by atoms with E-state index in [1.807, 2.05) is 0 Å². The van der Waals surface area contributed by atoms with Crippen molar-refractivity contribution in [3.05, 3.63) is 24.0 Å². The second-order valence-electron chi connectivity index (χ2n) is 4.46. The smallest absolute Gasteiger partial charge is 0.378 e. The lowest BCUT2D eigenvalue weighted by Gasteiger charge is -2.21. The van der Waals surface area contributed by atoms with Gasteiger partial charge in [-0.3, -0.25) is 0 Å². The summed E-state index contributed by atoms with van der Waals surface area (Å²) in [7, 11) is -5.71. The highest BCUT2D eigenvalue weighted by Crippen LogP contribution is 2.37. The maximum atomic E-state index is 12.3. The summed E-state index contributed by atoms with van der Waals surface area (Å²) >= 11 is 0. The summed E-state index contributed by atoms with van der Waals surface area (Å²) in [4.78, 5) is 0. The first-order valence-corrected chi connectivity index (χ1v) is 6.67. The zero-order valence-electron chi connectivity index (χ0n) is 9.97. The highest BCUT2D eigenvalue weighted by molar-refractivity contribution is 7.87. The molecule has 0 aromatic carbocycles. The standard InChI is InChI=1S/C10H11F3O5S/c1-9(2)16-6-4-3-5-7(8(6)17-9)18-19(14,15)10(11,12)13/h3-6,8H,1-2H3/t6-,8-/m0/s1. The monoisotopic (exact) mass is 300 g/mol. The Morgan fingerprint density at radius 3 is 2.53 bits per heavy atom. The Hall–Kier alpha value is -1.06. The average molecular weight is 300 g/mol. The van der Waals surface area contributed by atoms with Crippen molar-refractivity contribution in [1.29, 1.82) is 0 Å². The number of allylic oxidation sites excluding steroid dienone is 2. The summed E-state index contributed by atoms with van der Waals surface area (Å²) in [6.07, 6.45) is 2.31. The molecule has 0 amide bonds. The van der Waals surface area contributed by atoms with Crippen LogP contribution in [0.3, 0.4) is 0 Å². The molecule has 0 aromatic rings. The van der Waals surface area contributed by atoms with Gasteiger partial charge in [0.1, 0.15) is 12.2 Å². The minimum absolute atomic E-state index is 0.449. The van der Waals surface area contributed by atoms with E-state index in [0.717, 1.165) is 6.08 Å². The number of rotatable bonds is 2. The quantitative estimate of drug-likeness (QED) is 0.575. The van der Waals surface area contributed by atoms with E-state index in [9.17, 15) is 21.6 Å². The Morgan fingerprint density at radius 1 is 1.32 bits per heavy atom. The molecule has 0 bridgehead atoms. The summed E-state index contributed by atoms with van der Waals surface area (Å²) in [6, 6.07) is 0. The van der Waals surface area contributed by atoms with Crippen LogP contribution in [0.4, 0.5) is 13.2 Å². The number of ether oxygens (including phenoxy) is 2. The molecule has 2 atom stereocenters. The molecule has 0 N–H and O–H groups in total. The summed E-state index contributed by atoms with van der Waals surface area (Å²) in [6.45, 7) is 3.13. The number of alkyl halides is 3. The van der Waals surface area contributed by atoms with Gasteiger partial charge in [-0.25, -0.2) is 0 Å². The molecule has 1 fully saturated rings. The predicted octanol–water partition coefficient (Wildman–Crippen LogP) is 1.83. The molecule has 1 aliphatic heterocycles. The van der Waals surface area contributed by atoms with Gasteiger partial charge in [-0.15, -0.1) is 0 Å². The molecular formula is C10H11F3O5S. The fourth-order valence-electron chi connectivity index (χ4n) is 1.75. The third-order valence-electron chi connectivity index (χ3n) is 2.46. The molecule has 0 unspecified atom stereocenters. The van der Waals surface area contributed by atoms with E-state index in [0.29, 0.717) is 0 Å². The minimum Gasteiger partial charge on any atom is -0.378 e. The Kier molecular flexibility index (Phi) is 3.19. The fraction of sp³-hybridized carbons (Fsp3) is 0.600. The van der Waals surface area contributed by atoms with E-state index < -0.39 is 39.4 Å². The van der Waals surface area contributed by atoms with Gasteiger partial charge in [0.15, 0.2) is 11.5 Å². The Bertz CT molecular complexity index is 532. The van der Waals surface area contributed by atoms with Gasteiger partial charge < -0.3 is 13.7 Å². The molecule has 0 radical (unpaired) electrons. The van der Waals surface area contributed by atoms with E-state index in [1.54, 1.807) is 19.9 Å². The van der Waals surface area contributed by atoms with Crippen LogP contribution in [0.5, 0.6) is 0 Å². The molecule has 1 heterocycles. The Balaban J connectivity index is 2.23. The van der Waals surface area contributed by atoms with Crippen LogP contribution in [0.1, 0.15) is 13.8 Å². The summed E-state index contributed by atoms with van der Waals surface area (Å²) in [5, 5.41) is 0. The van der Waals surface area contributed by atoms with Crippen LogP contribution in [0.25, 0.3) is 0 Å². The van der Waals surface area contributed by atoms with Crippen molar-refractivity contribution in [3.8, 4) is 0 Å². The number of hydrogen-bond acceptors (Lipinski definition) is 5. The third kappa shape index (κ3) is 2.77. The highest BCUT2D eigenvalue weighted by Gasteiger charge is 2.51. The summed E-state index contributed by atoms with van der Waals surface area (Å²) in [5.41, 5.74) is -5.49. The molecule has 0 spiro atoms. The van der Waals surface area contributed by atoms with Crippen LogP contribution in [-0.2, 0) is 23.8 Å². The van der Waals surface area contributed by atoms with E-state index in [2.05, 4.69) is 4.18 Å². The lowest BCUT2D eigenvalue weighted by molar-refractivity contribution is -0.141. The maximum Gasteiger partial charge on any atom is 0.534 e. The minimum atomic E-state index is -5.71. The van der Waals surface area contributed by atoms with Gasteiger partial charge in [0, 0.05) is 0 Å². The van der Waals surface area contributed by atoms with Gasteiger partial charge in [-0.1, -0.05) is 12.2 Å². The zero-order valence-corrected chi connectivity index (χ0v) is 10.8. The van der Waals surface area contributed by atoms with Crippen LogP contribution in [0.2, 0.25) is 0 Å². The van der Waals surface area contributed by atoms with Crippen molar-refractivity contribution in [2.24, 2.45) is 0 Å². The molecule has 108 valence electrons. The molecule has 1 saturated heterocycles. The second-order valence-corrected chi connectivity index (χ2v) is 6.00. The molecule has 0 saturated carbocycles. The van der Waals surface area contributed by atoms with Crippen molar-refractivity contribution in [2.75, 3.05) is 0 Å². The molecule has 2 aliphatic rings. The van der Waals surface area contributed by atoms with Gasteiger partial charge >= 0.3 is 15.6 Å². The predicted molar refractivity (Wildman–Crippen MR) is 57.1 cm³/mol. The average Bonchev–Trinajstić information content (AvgIpc) is 2.51.